The minimum Gasteiger partial charge on any atom is -0.389 e. The summed E-state index contributed by atoms with van der Waals surface area (Å²) in [6, 6.07) is 0. The Morgan fingerprint density at radius 3 is 2.62 bits per heavy atom. The lowest BCUT2D eigenvalue weighted by Gasteiger charge is -2.33. The van der Waals surface area contributed by atoms with Crippen LogP contribution in [0.5, 0.6) is 0 Å². The Morgan fingerprint density at radius 1 is 1.31 bits per heavy atom. The van der Waals surface area contributed by atoms with Gasteiger partial charge in [0, 0.05) is 39.3 Å². The molecule has 0 aliphatic carbocycles. The fraction of sp³-hybridized carbons (Fsp3) is 1.00. The van der Waals surface area contributed by atoms with Crippen LogP contribution in [0, 0.1) is 0 Å². The van der Waals surface area contributed by atoms with Crippen molar-refractivity contribution in [1.29, 1.82) is 0 Å². The summed E-state index contributed by atoms with van der Waals surface area (Å²) in [5, 5.41) is 9.77. The van der Waals surface area contributed by atoms with Gasteiger partial charge in [0.2, 0.25) is 0 Å². The standard InChI is InChI=1S/C11H24N2O2S/c1-12-3-5-13(6-4-12)9-11(14)10-15-7-2-8-16/h11,14,16H,2-10H2,1H3. The number of nitrogens with zero attached hydrogens (tertiary/aromatic N) is 2. The Morgan fingerprint density at radius 2 is 2.00 bits per heavy atom. The first-order chi connectivity index (χ1) is 7.72. The molecule has 0 bridgehead atoms. The highest BCUT2D eigenvalue weighted by molar-refractivity contribution is 7.80. The Hall–Kier alpha value is 0.190. The molecule has 0 saturated carbocycles. The average molecular weight is 248 g/mol. The van der Waals surface area contributed by atoms with Gasteiger partial charge >= 0.3 is 0 Å². The number of hydrogen-bond acceptors (Lipinski definition) is 5. The van der Waals surface area contributed by atoms with Gasteiger partial charge in [-0.05, 0) is 19.2 Å². The lowest BCUT2D eigenvalue weighted by atomic mass is 10.3. The molecule has 1 aliphatic rings. The van der Waals surface area contributed by atoms with Crippen LogP contribution in [0.4, 0.5) is 0 Å². The van der Waals surface area contributed by atoms with Crippen LogP contribution in [0.25, 0.3) is 0 Å². The number of β-amino-alcohol motifs (C(OH)–C–C–N with tert-alkyl or cyclic N) is 1. The summed E-state index contributed by atoms with van der Waals surface area (Å²) in [5.41, 5.74) is 0. The van der Waals surface area contributed by atoms with Gasteiger partial charge in [-0.1, -0.05) is 0 Å². The van der Waals surface area contributed by atoms with Gasteiger partial charge in [-0.15, -0.1) is 0 Å². The molecule has 1 N–H and O–H groups in total. The molecular formula is C11H24N2O2S. The van der Waals surface area contributed by atoms with E-state index in [-0.39, 0.29) is 6.10 Å². The van der Waals surface area contributed by atoms with E-state index < -0.39 is 0 Å². The molecule has 0 aromatic carbocycles. The van der Waals surface area contributed by atoms with Crippen molar-refractivity contribution < 1.29 is 9.84 Å². The molecule has 1 saturated heterocycles. The van der Waals surface area contributed by atoms with Gasteiger partial charge in [0.1, 0.15) is 0 Å². The van der Waals surface area contributed by atoms with Crippen LogP contribution in [-0.2, 0) is 4.74 Å². The summed E-state index contributed by atoms with van der Waals surface area (Å²) in [5.74, 6) is 0.842. The second-order valence-electron chi connectivity index (χ2n) is 4.41. The van der Waals surface area contributed by atoms with Gasteiger partial charge in [-0.25, -0.2) is 0 Å². The summed E-state index contributed by atoms with van der Waals surface area (Å²) >= 11 is 4.10. The number of likely N-dealkylation sites (N-methyl/N-ethyl adjacent to an activating group) is 1. The third-order valence-corrected chi connectivity index (χ3v) is 3.14. The first-order valence-electron chi connectivity index (χ1n) is 6.00. The van der Waals surface area contributed by atoms with Gasteiger partial charge in [0.15, 0.2) is 0 Å². The fourth-order valence-electron chi connectivity index (χ4n) is 1.77. The molecule has 16 heavy (non-hydrogen) atoms. The van der Waals surface area contributed by atoms with Crippen LogP contribution in [0.3, 0.4) is 0 Å². The molecule has 5 heteroatoms. The molecule has 1 fully saturated rings. The minimum atomic E-state index is -0.358. The second-order valence-corrected chi connectivity index (χ2v) is 4.86. The van der Waals surface area contributed by atoms with E-state index in [1.807, 2.05) is 0 Å². The lowest BCUT2D eigenvalue weighted by Crippen LogP contribution is -2.47. The van der Waals surface area contributed by atoms with Crippen LogP contribution >= 0.6 is 12.6 Å². The molecule has 0 aromatic heterocycles. The largest absolute Gasteiger partial charge is 0.389 e. The van der Waals surface area contributed by atoms with Gasteiger partial charge in [0.25, 0.3) is 0 Å². The molecule has 1 heterocycles. The summed E-state index contributed by atoms with van der Waals surface area (Å²) in [6.45, 7) is 6.15. The zero-order valence-electron chi connectivity index (χ0n) is 10.1. The number of aliphatic hydroxyl groups is 1. The SMILES string of the molecule is CN1CCN(CC(O)COCCCS)CC1. The van der Waals surface area contributed by atoms with Crippen LogP contribution in [0.1, 0.15) is 6.42 Å². The van der Waals surface area contributed by atoms with Crippen LogP contribution in [-0.4, -0.2) is 79.7 Å². The maximum absolute atomic E-state index is 9.77. The number of rotatable bonds is 7. The number of thiol groups is 1. The fourth-order valence-corrected chi connectivity index (χ4v) is 1.90. The number of piperazine rings is 1. The minimum absolute atomic E-state index is 0.358. The molecule has 1 aliphatic heterocycles. The molecule has 96 valence electrons. The van der Waals surface area contributed by atoms with Crippen LogP contribution < -0.4 is 0 Å². The number of hydrogen-bond donors (Lipinski definition) is 2. The maximum atomic E-state index is 9.77. The Kier molecular flexibility index (Phi) is 7.40. The quantitative estimate of drug-likeness (QED) is 0.488. The molecule has 1 unspecified atom stereocenters. The predicted octanol–water partition coefficient (Wildman–Crippen LogP) is -0.0688. The summed E-state index contributed by atoms with van der Waals surface area (Å²) in [4.78, 5) is 4.61. The molecule has 0 aromatic rings. The summed E-state index contributed by atoms with van der Waals surface area (Å²) in [6.07, 6.45) is 0.591. The van der Waals surface area contributed by atoms with E-state index in [1.165, 1.54) is 0 Å². The zero-order valence-corrected chi connectivity index (χ0v) is 11.0. The molecule has 0 radical (unpaired) electrons. The van der Waals surface area contributed by atoms with E-state index in [9.17, 15) is 5.11 Å². The Labute approximate surface area is 104 Å². The van der Waals surface area contributed by atoms with E-state index in [4.69, 9.17) is 4.74 Å². The molecule has 1 rings (SSSR count). The van der Waals surface area contributed by atoms with E-state index in [0.29, 0.717) is 13.2 Å². The topological polar surface area (TPSA) is 35.9 Å². The van der Waals surface area contributed by atoms with E-state index in [0.717, 1.165) is 44.9 Å². The van der Waals surface area contributed by atoms with E-state index in [1.54, 1.807) is 0 Å². The zero-order chi connectivity index (χ0) is 11.8. The third kappa shape index (κ3) is 6.06. The Bertz CT molecular complexity index is 175. The predicted molar refractivity (Wildman–Crippen MR) is 69.2 cm³/mol. The van der Waals surface area contributed by atoms with Crippen molar-refractivity contribution in [3.8, 4) is 0 Å². The summed E-state index contributed by atoms with van der Waals surface area (Å²) < 4.78 is 5.36. The second kappa shape index (κ2) is 8.31. The van der Waals surface area contributed by atoms with Crippen molar-refractivity contribution >= 4 is 12.6 Å². The third-order valence-electron chi connectivity index (χ3n) is 2.82. The molecule has 0 amide bonds. The van der Waals surface area contributed by atoms with Crippen LogP contribution in [0.2, 0.25) is 0 Å². The van der Waals surface area contributed by atoms with Crippen molar-refractivity contribution in [2.45, 2.75) is 12.5 Å². The summed E-state index contributed by atoms with van der Waals surface area (Å²) in [7, 11) is 2.13. The van der Waals surface area contributed by atoms with Crippen molar-refractivity contribution in [3.05, 3.63) is 0 Å². The molecule has 0 spiro atoms. The van der Waals surface area contributed by atoms with Crippen molar-refractivity contribution in [3.63, 3.8) is 0 Å². The van der Waals surface area contributed by atoms with Crippen molar-refractivity contribution in [1.82, 2.24) is 9.80 Å². The maximum Gasteiger partial charge on any atom is 0.0900 e. The lowest BCUT2D eigenvalue weighted by molar-refractivity contribution is 0.00932. The highest BCUT2D eigenvalue weighted by Gasteiger charge is 2.16. The van der Waals surface area contributed by atoms with Gasteiger partial charge in [0.05, 0.1) is 12.7 Å². The monoisotopic (exact) mass is 248 g/mol. The highest BCUT2D eigenvalue weighted by Crippen LogP contribution is 2.01. The molecular weight excluding hydrogens is 224 g/mol. The highest BCUT2D eigenvalue weighted by atomic mass is 32.1. The smallest absolute Gasteiger partial charge is 0.0900 e. The van der Waals surface area contributed by atoms with E-state index in [2.05, 4.69) is 29.5 Å². The number of ether oxygens (including phenoxy) is 1. The Balaban J connectivity index is 2.02. The van der Waals surface area contributed by atoms with Crippen molar-refractivity contribution in [2.75, 3.05) is 58.7 Å². The van der Waals surface area contributed by atoms with Gasteiger partial charge in [-0.2, -0.15) is 12.6 Å². The first-order valence-corrected chi connectivity index (χ1v) is 6.63. The van der Waals surface area contributed by atoms with Gasteiger partial charge in [-0.3, -0.25) is 4.90 Å². The molecule has 1 atom stereocenters. The average Bonchev–Trinajstić information content (AvgIpc) is 2.28. The van der Waals surface area contributed by atoms with Crippen LogP contribution in [0.15, 0.2) is 0 Å². The normalized spacial score (nSPS) is 21.2. The molecule has 4 nitrogen and oxygen atoms in total. The first kappa shape index (κ1) is 14.3. The van der Waals surface area contributed by atoms with Gasteiger partial charge < -0.3 is 14.7 Å². The van der Waals surface area contributed by atoms with E-state index >= 15 is 0 Å². The van der Waals surface area contributed by atoms with Crippen molar-refractivity contribution in [2.24, 2.45) is 0 Å². The number of aliphatic hydroxyl groups excluding tert-OH is 1.